The number of hydrogen-bond donors (Lipinski definition) is 2. The van der Waals surface area contributed by atoms with Crippen molar-refractivity contribution < 1.29 is 14.3 Å². The van der Waals surface area contributed by atoms with E-state index in [9.17, 15) is 9.59 Å². The first-order valence-corrected chi connectivity index (χ1v) is 7.10. The van der Waals surface area contributed by atoms with Crippen LogP contribution in [0, 0.1) is 6.92 Å². The highest BCUT2D eigenvalue weighted by molar-refractivity contribution is 6.01. The first-order valence-electron chi connectivity index (χ1n) is 7.10. The molecule has 2 rings (SSSR count). The van der Waals surface area contributed by atoms with Crippen LogP contribution in [0.5, 0.6) is 5.75 Å². The maximum Gasteiger partial charge on any atom is 0.255 e. The molecule has 0 bridgehead atoms. The first kappa shape index (κ1) is 16.3. The Morgan fingerprint density at radius 2 is 1.74 bits per heavy atom. The predicted octanol–water partition coefficient (Wildman–Crippen LogP) is 2.51. The summed E-state index contributed by atoms with van der Waals surface area (Å²) in [5.74, 6) is -0.253. The Hall–Kier alpha value is -3.08. The number of ether oxygens (including phenoxy) is 1. The maximum absolute atomic E-state index is 11.9. The fraction of sp³-hybridized carbons (Fsp3) is 0.111. The molecule has 0 fully saturated rings. The van der Waals surface area contributed by atoms with Gasteiger partial charge in [-0.25, -0.2) is 0 Å². The van der Waals surface area contributed by atoms with Gasteiger partial charge in [-0.15, -0.1) is 0 Å². The van der Waals surface area contributed by atoms with Gasteiger partial charge in [0, 0.05) is 11.8 Å². The zero-order valence-electron chi connectivity index (χ0n) is 12.8. The van der Waals surface area contributed by atoms with E-state index in [2.05, 4.69) is 5.32 Å². The van der Waals surface area contributed by atoms with E-state index in [-0.39, 0.29) is 12.5 Å². The van der Waals surface area contributed by atoms with Crippen LogP contribution in [0.3, 0.4) is 0 Å². The number of anilines is 1. The van der Waals surface area contributed by atoms with Gasteiger partial charge < -0.3 is 15.8 Å². The summed E-state index contributed by atoms with van der Waals surface area (Å²) in [5, 5.41) is 2.74. The van der Waals surface area contributed by atoms with E-state index in [0.29, 0.717) is 11.4 Å². The van der Waals surface area contributed by atoms with Gasteiger partial charge in [0.05, 0.1) is 0 Å². The molecule has 5 nitrogen and oxygen atoms in total. The van der Waals surface area contributed by atoms with E-state index in [4.69, 9.17) is 10.5 Å². The number of amides is 2. The fourth-order valence-corrected chi connectivity index (χ4v) is 1.82. The smallest absolute Gasteiger partial charge is 0.255 e. The maximum atomic E-state index is 11.9. The van der Waals surface area contributed by atoms with Crippen molar-refractivity contribution in [3.63, 3.8) is 0 Å². The van der Waals surface area contributed by atoms with Gasteiger partial charge in [0.1, 0.15) is 5.75 Å². The van der Waals surface area contributed by atoms with Gasteiger partial charge in [0.25, 0.3) is 5.91 Å². The van der Waals surface area contributed by atoms with Gasteiger partial charge in [0.2, 0.25) is 5.91 Å². The topological polar surface area (TPSA) is 81.4 Å². The summed E-state index contributed by atoms with van der Waals surface area (Å²) in [6, 6.07) is 14.6. The lowest BCUT2D eigenvalue weighted by molar-refractivity contribution is -0.120. The number of carbonyl (C=O) groups is 2. The molecule has 0 spiro atoms. The molecule has 23 heavy (non-hydrogen) atoms. The van der Waals surface area contributed by atoms with Gasteiger partial charge in [-0.05, 0) is 42.8 Å². The number of nitrogens with two attached hydrogens (primary N) is 1. The van der Waals surface area contributed by atoms with Gasteiger partial charge >= 0.3 is 0 Å². The number of benzene rings is 2. The van der Waals surface area contributed by atoms with Crippen molar-refractivity contribution in [1.82, 2.24) is 0 Å². The van der Waals surface area contributed by atoms with E-state index in [1.165, 1.54) is 11.6 Å². The zero-order valence-corrected chi connectivity index (χ0v) is 12.8. The summed E-state index contributed by atoms with van der Waals surface area (Å²) in [6.07, 6.45) is 3.22. The van der Waals surface area contributed by atoms with Crippen LogP contribution in [-0.4, -0.2) is 18.4 Å². The van der Waals surface area contributed by atoms with Crippen molar-refractivity contribution in [2.75, 3.05) is 11.9 Å². The Morgan fingerprint density at radius 3 is 2.35 bits per heavy atom. The Balaban J connectivity index is 1.89. The third-order valence-corrected chi connectivity index (χ3v) is 3.01. The van der Waals surface area contributed by atoms with Crippen molar-refractivity contribution in [3.05, 3.63) is 65.7 Å². The molecule has 0 unspecified atom stereocenters. The van der Waals surface area contributed by atoms with E-state index < -0.39 is 5.91 Å². The van der Waals surface area contributed by atoms with Crippen LogP contribution in [0.4, 0.5) is 5.69 Å². The van der Waals surface area contributed by atoms with Crippen molar-refractivity contribution in [2.24, 2.45) is 5.73 Å². The standard InChI is InChI=1S/C18H18N2O3/c1-13-2-4-14(5-3-13)6-11-18(22)20-15-7-9-16(10-8-15)23-12-17(19)21/h2-11H,12H2,1H3,(H2,19,21)(H,20,22)/b11-6+. The lowest BCUT2D eigenvalue weighted by Gasteiger charge is -2.05. The minimum atomic E-state index is -0.538. The molecule has 0 atom stereocenters. The van der Waals surface area contributed by atoms with Crippen molar-refractivity contribution in [1.29, 1.82) is 0 Å². The van der Waals surface area contributed by atoms with Crippen molar-refractivity contribution >= 4 is 23.6 Å². The van der Waals surface area contributed by atoms with Gasteiger partial charge in [-0.1, -0.05) is 29.8 Å². The summed E-state index contributed by atoms with van der Waals surface area (Å²) in [7, 11) is 0. The lowest BCUT2D eigenvalue weighted by atomic mass is 10.1. The number of rotatable bonds is 6. The molecule has 2 aromatic carbocycles. The van der Waals surface area contributed by atoms with E-state index >= 15 is 0 Å². The molecule has 2 amide bonds. The highest BCUT2D eigenvalue weighted by Crippen LogP contribution is 2.15. The molecule has 0 saturated carbocycles. The molecular weight excluding hydrogens is 292 g/mol. The second kappa shape index (κ2) is 7.79. The Kier molecular flexibility index (Phi) is 5.52. The zero-order chi connectivity index (χ0) is 16.7. The van der Waals surface area contributed by atoms with E-state index in [1.807, 2.05) is 31.2 Å². The number of primary amides is 1. The quantitative estimate of drug-likeness (QED) is 0.804. The predicted molar refractivity (Wildman–Crippen MR) is 90.0 cm³/mol. The molecule has 0 radical (unpaired) electrons. The molecule has 3 N–H and O–H groups in total. The van der Waals surface area contributed by atoms with Gasteiger partial charge in [-0.3, -0.25) is 9.59 Å². The largest absolute Gasteiger partial charge is 0.484 e. The molecule has 2 aromatic rings. The van der Waals surface area contributed by atoms with Crippen LogP contribution in [-0.2, 0) is 9.59 Å². The SMILES string of the molecule is Cc1ccc(/C=C/C(=O)Nc2ccc(OCC(N)=O)cc2)cc1. The second-order valence-electron chi connectivity index (χ2n) is 5.01. The molecule has 0 aromatic heterocycles. The normalized spacial score (nSPS) is 10.5. The van der Waals surface area contributed by atoms with Crippen LogP contribution in [0.15, 0.2) is 54.6 Å². The van der Waals surface area contributed by atoms with Crippen LogP contribution in [0.2, 0.25) is 0 Å². The Morgan fingerprint density at radius 1 is 1.09 bits per heavy atom. The fourth-order valence-electron chi connectivity index (χ4n) is 1.82. The van der Waals surface area contributed by atoms with E-state index in [1.54, 1.807) is 30.3 Å². The van der Waals surface area contributed by atoms with Crippen molar-refractivity contribution in [2.45, 2.75) is 6.92 Å². The molecule has 118 valence electrons. The average molecular weight is 310 g/mol. The number of carbonyl (C=O) groups excluding carboxylic acids is 2. The summed E-state index contributed by atoms with van der Waals surface area (Å²) < 4.78 is 5.14. The summed E-state index contributed by atoms with van der Waals surface area (Å²) in [4.78, 5) is 22.5. The monoisotopic (exact) mass is 310 g/mol. The van der Waals surface area contributed by atoms with Crippen LogP contribution in [0.1, 0.15) is 11.1 Å². The third-order valence-electron chi connectivity index (χ3n) is 3.01. The Labute approximate surface area is 134 Å². The Bertz CT molecular complexity index is 704. The van der Waals surface area contributed by atoms with Gasteiger partial charge in [-0.2, -0.15) is 0 Å². The highest BCUT2D eigenvalue weighted by Gasteiger charge is 2.00. The number of aryl methyl sites for hydroxylation is 1. The molecule has 5 heteroatoms. The number of nitrogens with one attached hydrogen (secondary N) is 1. The van der Waals surface area contributed by atoms with Crippen LogP contribution in [0.25, 0.3) is 6.08 Å². The molecule has 0 saturated heterocycles. The number of hydrogen-bond acceptors (Lipinski definition) is 3. The van der Waals surface area contributed by atoms with Crippen LogP contribution >= 0.6 is 0 Å². The first-order chi connectivity index (χ1) is 11.0. The summed E-state index contributed by atoms with van der Waals surface area (Å²) >= 11 is 0. The van der Waals surface area contributed by atoms with Crippen LogP contribution < -0.4 is 15.8 Å². The van der Waals surface area contributed by atoms with E-state index in [0.717, 1.165) is 5.56 Å². The minimum absolute atomic E-state index is 0.176. The summed E-state index contributed by atoms with van der Waals surface area (Å²) in [5.41, 5.74) is 7.76. The molecule has 0 aliphatic carbocycles. The van der Waals surface area contributed by atoms with Crippen molar-refractivity contribution in [3.8, 4) is 5.75 Å². The third kappa shape index (κ3) is 5.67. The molecular formula is C18H18N2O3. The molecule has 0 heterocycles. The average Bonchev–Trinajstić information content (AvgIpc) is 2.53. The highest BCUT2D eigenvalue weighted by atomic mass is 16.5. The molecule has 0 aliphatic rings. The second-order valence-corrected chi connectivity index (χ2v) is 5.01. The molecule has 0 aliphatic heterocycles. The lowest BCUT2D eigenvalue weighted by Crippen LogP contribution is -2.20. The minimum Gasteiger partial charge on any atom is -0.484 e. The summed E-state index contributed by atoms with van der Waals surface area (Å²) in [6.45, 7) is 1.84. The van der Waals surface area contributed by atoms with Gasteiger partial charge in [0.15, 0.2) is 6.61 Å².